The molecule has 1 unspecified atom stereocenters. The van der Waals surface area contributed by atoms with E-state index in [-0.39, 0.29) is 30.4 Å². The van der Waals surface area contributed by atoms with Crippen LogP contribution < -0.4 is 5.32 Å². The summed E-state index contributed by atoms with van der Waals surface area (Å²) >= 11 is 6.34. The Hall–Kier alpha value is -3.01. The first-order valence-electron chi connectivity index (χ1n) is 10.2. The SMILES string of the molecule is C[C@H](CO)N1Cc2c(Nc3nnc4n3C(c3cccc(F)c3)COC4)ccc(Cl)c2C1=O. The molecule has 5 rings (SSSR count). The summed E-state index contributed by atoms with van der Waals surface area (Å²) < 4.78 is 21.4. The lowest BCUT2D eigenvalue weighted by Gasteiger charge is -2.27. The number of fused-ring (bicyclic) bond motifs is 2. The average molecular weight is 458 g/mol. The van der Waals surface area contributed by atoms with Crippen LogP contribution in [0.25, 0.3) is 0 Å². The Kier molecular flexibility index (Phi) is 5.32. The van der Waals surface area contributed by atoms with Gasteiger partial charge in [-0.05, 0) is 36.8 Å². The maximum Gasteiger partial charge on any atom is 0.256 e. The van der Waals surface area contributed by atoms with Crippen LogP contribution >= 0.6 is 11.6 Å². The van der Waals surface area contributed by atoms with Crippen molar-refractivity contribution in [3.63, 3.8) is 0 Å². The maximum absolute atomic E-state index is 13.9. The number of nitrogens with one attached hydrogen (secondary N) is 1. The van der Waals surface area contributed by atoms with E-state index in [0.717, 1.165) is 11.1 Å². The summed E-state index contributed by atoms with van der Waals surface area (Å²) in [4.78, 5) is 14.5. The van der Waals surface area contributed by atoms with Gasteiger partial charge in [-0.15, -0.1) is 10.2 Å². The predicted molar refractivity (Wildman–Crippen MR) is 115 cm³/mol. The molecule has 1 amide bonds. The van der Waals surface area contributed by atoms with Gasteiger partial charge in [-0.2, -0.15) is 0 Å². The molecule has 166 valence electrons. The Morgan fingerprint density at radius 2 is 2.19 bits per heavy atom. The lowest BCUT2D eigenvalue weighted by Crippen LogP contribution is -2.35. The molecule has 0 bridgehead atoms. The van der Waals surface area contributed by atoms with Crippen LogP contribution in [0, 0.1) is 5.82 Å². The Bertz CT molecular complexity index is 1200. The molecule has 0 radical (unpaired) electrons. The van der Waals surface area contributed by atoms with Gasteiger partial charge in [0.2, 0.25) is 5.95 Å². The number of hydrogen-bond acceptors (Lipinski definition) is 6. The zero-order valence-corrected chi connectivity index (χ0v) is 18.0. The summed E-state index contributed by atoms with van der Waals surface area (Å²) in [7, 11) is 0. The smallest absolute Gasteiger partial charge is 0.256 e. The van der Waals surface area contributed by atoms with Crippen molar-refractivity contribution in [2.75, 3.05) is 18.5 Å². The summed E-state index contributed by atoms with van der Waals surface area (Å²) in [5.41, 5.74) is 2.56. The molecule has 0 spiro atoms. The number of amides is 1. The van der Waals surface area contributed by atoms with Crippen LogP contribution in [0.15, 0.2) is 36.4 Å². The van der Waals surface area contributed by atoms with Crippen LogP contribution in [-0.2, 0) is 17.9 Å². The number of halogens is 2. The maximum atomic E-state index is 13.9. The van der Waals surface area contributed by atoms with Crippen LogP contribution in [0.3, 0.4) is 0 Å². The topological polar surface area (TPSA) is 92.5 Å². The summed E-state index contributed by atoms with van der Waals surface area (Å²) in [5.74, 6) is 0.530. The quantitative estimate of drug-likeness (QED) is 0.611. The van der Waals surface area contributed by atoms with Crippen molar-refractivity contribution in [1.82, 2.24) is 19.7 Å². The number of ether oxygens (including phenoxy) is 1. The van der Waals surface area contributed by atoms with Gasteiger partial charge in [-0.3, -0.25) is 9.36 Å². The molecule has 1 aromatic heterocycles. The highest BCUT2D eigenvalue weighted by Gasteiger charge is 2.35. The zero-order valence-electron chi connectivity index (χ0n) is 17.3. The van der Waals surface area contributed by atoms with Crippen molar-refractivity contribution in [3.05, 3.63) is 69.8 Å². The normalized spacial score (nSPS) is 18.4. The monoisotopic (exact) mass is 457 g/mol. The molecule has 2 N–H and O–H groups in total. The molecule has 10 heteroatoms. The second-order valence-corrected chi connectivity index (χ2v) is 8.34. The highest BCUT2D eigenvalue weighted by molar-refractivity contribution is 6.34. The number of aromatic nitrogens is 3. The summed E-state index contributed by atoms with van der Waals surface area (Å²) in [6, 6.07) is 9.17. The van der Waals surface area contributed by atoms with E-state index in [2.05, 4.69) is 15.5 Å². The molecule has 32 heavy (non-hydrogen) atoms. The largest absolute Gasteiger partial charge is 0.394 e. The van der Waals surface area contributed by atoms with Gasteiger partial charge in [0.15, 0.2) is 5.82 Å². The van der Waals surface area contributed by atoms with Gasteiger partial charge >= 0.3 is 0 Å². The van der Waals surface area contributed by atoms with Crippen molar-refractivity contribution in [3.8, 4) is 0 Å². The molecule has 2 atom stereocenters. The van der Waals surface area contributed by atoms with Crippen molar-refractivity contribution in [1.29, 1.82) is 0 Å². The van der Waals surface area contributed by atoms with Gasteiger partial charge in [0, 0.05) is 17.8 Å². The van der Waals surface area contributed by atoms with Gasteiger partial charge in [0.25, 0.3) is 5.91 Å². The minimum absolute atomic E-state index is 0.146. The van der Waals surface area contributed by atoms with Crippen LogP contribution in [0.1, 0.15) is 40.3 Å². The van der Waals surface area contributed by atoms with Crippen molar-refractivity contribution >= 4 is 29.1 Å². The van der Waals surface area contributed by atoms with E-state index in [1.807, 2.05) is 10.6 Å². The lowest BCUT2D eigenvalue weighted by atomic mass is 10.1. The number of carbonyl (C=O) groups excluding carboxylic acids is 1. The molecule has 2 aliphatic rings. The fourth-order valence-electron chi connectivity index (χ4n) is 4.22. The van der Waals surface area contributed by atoms with Crippen molar-refractivity contribution < 1.29 is 19.0 Å². The van der Waals surface area contributed by atoms with E-state index in [1.54, 1.807) is 30.0 Å². The van der Waals surface area contributed by atoms with E-state index < -0.39 is 0 Å². The van der Waals surface area contributed by atoms with Crippen LogP contribution in [0.4, 0.5) is 16.0 Å². The van der Waals surface area contributed by atoms with Crippen molar-refractivity contribution in [2.45, 2.75) is 32.2 Å². The average Bonchev–Trinajstić information content (AvgIpc) is 3.37. The first-order valence-corrected chi connectivity index (χ1v) is 10.6. The molecule has 0 fully saturated rings. The van der Waals surface area contributed by atoms with E-state index in [4.69, 9.17) is 16.3 Å². The van der Waals surface area contributed by atoms with Gasteiger partial charge in [-0.25, -0.2) is 4.39 Å². The van der Waals surface area contributed by atoms with Crippen LogP contribution in [0.2, 0.25) is 5.02 Å². The van der Waals surface area contributed by atoms with Gasteiger partial charge in [0.1, 0.15) is 12.4 Å². The van der Waals surface area contributed by atoms with Gasteiger partial charge in [0.05, 0.1) is 35.9 Å². The third-order valence-electron chi connectivity index (χ3n) is 5.93. The van der Waals surface area contributed by atoms with E-state index in [0.29, 0.717) is 47.8 Å². The first-order chi connectivity index (χ1) is 15.5. The molecular weight excluding hydrogens is 437 g/mol. The molecule has 0 aliphatic carbocycles. The Morgan fingerprint density at radius 1 is 1.34 bits per heavy atom. The molecule has 3 heterocycles. The summed E-state index contributed by atoms with van der Waals surface area (Å²) in [5, 5.41) is 21.7. The second-order valence-electron chi connectivity index (χ2n) is 7.93. The number of benzene rings is 2. The predicted octanol–water partition coefficient (Wildman–Crippen LogP) is 3.27. The zero-order chi connectivity index (χ0) is 22.4. The minimum atomic E-state index is -0.339. The number of rotatable bonds is 5. The number of anilines is 2. The third kappa shape index (κ3) is 3.42. The molecular formula is C22H21ClFN5O3. The summed E-state index contributed by atoms with van der Waals surface area (Å²) in [6.07, 6.45) is 0. The number of aliphatic hydroxyl groups is 1. The first kappa shape index (κ1) is 20.9. The Balaban J connectivity index is 1.53. The number of nitrogens with zero attached hydrogens (tertiary/aromatic N) is 4. The standard InChI is InChI=1S/C22H21ClFN5O3/c1-12(9-30)28-8-15-17(6-5-16(23)20(15)21(28)31)25-22-27-26-19-11-32-10-18(29(19)22)13-3-2-4-14(24)7-13/h2-7,12,18,30H,8-11H2,1H3,(H,25,27)/t12-,18?/m1/s1. The fourth-order valence-corrected chi connectivity index (χ4v) is 4.48. The third-order valence-corrected chi connectivity index (χ3v) is 6.24. The highest BCUT2D eigenvalue weighted by atomic mass is 35.5. The fraction of sp³-hybridized carbons (Fsp3) is 0.318. The van der Waals surface area contributed by atoms with Crippen LogP contribution in [-0.4, -0.2) is 49.9 Å². The Labute approximate surface area is 188 Å². The van der Waals surface area contributed by atoms with Crippen LogP contribution in [0.5, 0.6) is 0 Å². The van der Waals surface area contributed by atoms with E-state index in [9.17, 15) is 14.3 Å². The van der Waals surface area contributed by atoms with Gasteiger partial charge < -0.3 is 20.1 Å². The molecule has 2 aliphatic heterocycles. The number of aliphatic hydroxyl groups excluding tert-OH is 1. The van der Waals surface area contributed by atoms with E-state index >= 15 is 0 Å². The van der Waals surface area contributed by atoms with Crippen molar-refractivity contribution in [2.24, 2.45) is 0 Å². The number of hydrogen-bond donors (Lipinski definition) is 2. The molecule has 0 saturated heterocycles. The second kappa shape index (κ2) is 8.16. The molecule has 3 aromatic rings. The van der Waals surface area contributed by atoms with E-state index in [1.165, 1.54) is 12.1 Å². The van der Waals surface area contributed by atoms with Gasteiger partial charge in [-0.1, -0.05) is 23.7 Å². The lowest BCUT2D eigenvalue weighted by molar-refractivity contribution is 0.0644. The highest BCUT2D eigenvalue weighted by Crippen LogP contribution is 2.37. The molecule has 0 saturated carbocycles. The minimum Gasteiger partial charge on any atom is -0.394 e. The molecule has 2 aromatic carbocycles. The molecule has 8 nitrogen and oxygen atoms in total. The number of carbonyl (C=O) groups is 1. The summed E-state index contributed by atoms with van der Waals surface area (Å²) in [6.45, 7) is 2.59. The Morgan fingerprint density at radius 3 is 2.97 bits per heavy atom.